The molecular weight excluding hydrogens is 400 g/mol. The van der Waals surface area contributed by atoms with Crippen molar-refractivity contribution in [2.45, 2.75) is 10.9 Å². The van der Waals surface area contributed by atoms with E-state index >= 15 is 0 Å². The first-order chi connectivity index (χ1) is 11.0. The molecule has 0 aliphatic rings. The molecule has 2 aromatic carbocycles. The van der Waals surface area contributed by atoms with E-state index in [9.17, 15) is 25.9 Å². The summed E-state index contributed by atoms with van der Waals surface area (Å²) in [5, 5.41) is 17.9. The second-order valence-corrected chi connectivity index (χ2v) is 7.38. The van der Waals surface area contributed by atoms with Crippen molar-refractivity contribution in [3.8, 4) is 0 Å². The van der Waals surface area contributed by atoms with Crippen LogP contribution in [0.2, 0.25) is 0 Å². The third-order valence-corrected chi connectivity index (χ3v) is 4.35. The van der Waals surface area contributed by atoms with E-state index < -0.39 is 31.1 Å². The molecule has 2 aromatic rings. The van der Waals surface area contributed by atoms with E-state index in [2.05, 4.69) is 0 Å². The molecule has 2 N–H and O–H groups in total. The summed E-state index contributed by atoms with van der Waals surface area (Å²) < 4.78 is 62.0. The van der Waals surface area contributed by atoms with Gasteiger partial charge in [0.1, 0.15) is 20.2 Å². The minimum Gasteiger partial charge on any atom is -0.746 e. The maximum Gasteiger partial charge on any atom is 2.00 e. The van der Waals surface area contributed by atoms with Gasteiger partial charge >= 0.3 is 37.7 Å². The quantitative estimate of drug-likeness (QED) is 0.526. The Morgan fingerprint density at radius 2 is 0.880 bits per heavy atom. The molecule has 0 aliphatic carbocycles. The third kappa shape index (κ3) is 8.58. The van der Waals surface area contributed by atoms with Crippen molar-refractivity contribution in [1.29, 1.82) is 0 Å². The average molecular weight is 414 g/mol. The minimum absolute atomic E-state index is 0. The normalized spacial score (nSPS) is 13.6. The van der Waals surface area contributed by atoms with Crippen molar-refractivity contribution in [2.75, 3.05) is 0 Å². The fraction of sp³-hybridized carbons (Fsp3) is 0.143. The molecule has 0 aromatic heterocycles. The fourth-order valence-corrected chi connectivity index (χ4v) is 2.55. The zero-order valence-electron chi connectivity index (χ0n) is 12.8. The number of hydrogen-bond donors (Lipinski definition) is 2. The van der Waals surface area contributed by atoms with Gasteiger partial charge < -0.3 is 19.3 Å². The average Bonchev–Trinajstić information content (AvgIpc) is 2.54. The van der Waals surface area contributed by atoms with E-state index in [-0.39, 0.29) is 48.9 Å². The summed E-state index contributed by atoms with van der Waals surface area (Å²) in [6, 6.07) is 15.0. The van der Waals surface area contributed by atoms with Crippen LogP contribution in [0, 0.1) is 0 Å². The Labute approximate surface area is 175 Å². The first kappa shape index (κ1) is 24.4. The molecule has 0 saturated heterocycles. The van der Waals surface area contributed by atoms with Crippen LogP contribution in [0.1, 0.15) is 22.0 Å². The van der Waals surface area contributed by atoms with Crippen LogP contribution < -0.4 is 0 Å². The predicted octanol–water partition coefficient (Wildman–Crippen LogP) is 0.0646. The van der Waals surface area contributed by atoms with Crippen LogP contribution in [0.5, 0.6) is 0 Å². The van der Waals surface area contributed by atoms with Gasteiger partial charge in [-0.3, -0.25) is 0 Å². The molecule has 2 unspecified atom stereocenters. The summed E-state index contributed by atoms with van der Waals surface area (Å²) in [4.78, 5) is 0. The van der Waals surface area contributed by atoms with Crippen LogP contribution in [0.3, 0.4) is 0 Å². The molecule has 0 saturated carbocycles. The van der Waals surface area contributed by atoms with Crippen molar-refractivity contribution in [1.82, 2.24) is 0 Å². The van der Waals surface area contributed by atoms with Crippen LogP contribution in [-0.2, 0) is 20.2 Å². The molecule has 0 heterocycles. The Morgan fingerprint density at radius 1 is 0.640 bits per heavy atom. The molecule has 2 atom stereocenters. The van der Waals surface area contributed by atoms with Gasteiger partial charge in [0, 0.05) is 0 Å². The van der Waals surface area contributed by atoms with Crippen LogP contribution in [0.25, 0.3) is 0 Å². The summed E-state index contributed by atoms with van der Waals surface area (Å²) >= 11 is 0. The van der Waals surface area contributed by atoms with Crippen molar-refractivity contribution < 1.29 is 36.2 Å². The maximum absolute atomic E-state index is 10.3. The van der Waals surface area contributed by atoms with Gasteiger partial charge in [-0.2, -0.15) is 0 Å². The molecule has 0 spiro atoms. The molecule has 8 nitrogen and oxygen atoms in total. The summed E-state index contributed by atoms with van der Waals surface area (Å²) in [5.41, 5.74) is -3.74. The smallest absolute Gasteiger partial charge is 0.746 e. The second-order valence-electron chi connectivity index (χ2n) is 4.51. The summed E-state index contributed by atoms with van der Waals surface area (Å²) in [5.74, 6) is 0. The van der Waals surface area contributed by atoms with E-state index in [0.717, 1.165) is 0 Å². The van der Waals surface area contributed by atoms with Crippen molar-refractivity contribution >= 4 is 58.0 Å². The predicted molar refractivity (Wildman–Crippen MR) is 88.0 cm³/mol. The van der Waals surface area contributed by atoms with Gasteiger partial charge in [0.25, 0.3) is 0 Å². The summed E-state index contributed by atoms with van der Waals surface area (Å²) in [7, 11) is -9.30. The maximum atomic E-state index is 10.3. The van der Waals surface area contributed by atoms with E-state index in [1.165, 1.54) is 24.3 Å². The van der Waals surface area contributed by atoms with Crippen LogP contribution in [0.15, 0.2) is 60.7 Å². The standard InChI is InChI=1S/2C7H8O4S.Ca/c2*8-7(12(9,10)11)6-4-2-1-3-5-6;/h2*1-5,7-8H,(H,9,10,11);/q;;+2/p-2. The number of aliphatic hydroxyl groups is 2. The number of hydrogen-bond acceptors (Lipinski definition) is 8. The molecule has 11 heteroatoms. The zero-order chi connectivity index (χ0) is 18.4. The van der Waals surface area contributed by atoms with Gasteiger partial charge in [0.05, 0.1) is 0 Å². The molecule has 2 rings (SSSR count). The first-order valence-corrected chi connectivity index (χ1v) is 9.33. The Morgan fingerprint density at radius 3 is 1.08 bits per heavy atom. The van der Waals surface area contributed by atoms with E-state index in [4.69, 9.17) is 10.2 Å². The van der Waals surface area contributed by atoms with E-state index in [1.54, 1.807) is 36.4 Å². The Hall–Kier alpha value is -0.560. The van der Waals surface area contributed by atoms with Gasteiger partial charge in [0.15, 0.2) is 10.9 Å². The van der Waals surface area contributed by atoms with Crippen molar-refractivity contribution in [3.05, 3.63) is 71.8 Å². The second kappa shape index (κ2) is 10.6. The van der Waals surface area contributed by atoms with Gasteiger partial charge in [-0.15, -0.1) is 0 Å². The molecule has 0 bridgehead atoms. The number of aliphatic hydroxyl groups excluding tert-OH is 2. The summed E-state index contributed by atoms with van der Waals surface area (Å²) in [6.45, 7) is 0. The van der Waals surface area contributed by atoms with Crippen LogP contribution in [-0.4, -0.2) is 73.9 Å². The monoisotopic (exact) mass is 414 g/mol. The molecule has 0 amide bonds. The van der Waals surface area contributed by atoms with Crippen molar-refractivity contribution in [3.63, 3.8) is 0 Å². The summed E-state index contributed by atoms with van der Waals surface area (Å²) in [6.07, 6.45) is 0. The SMILES string of the molecule is O=S(=O)([O-])C(O)c1ccccc1.O=S(=O)([O-])C(O)c1ccccc1.[Ca+2]. The van der Waals surface area contributed by atoms with Gasteiger partial charge in [-0.1, -0.05) is 60.7 Å². The van der Waals surface area contributed by atoms with Crippen molar-refractivity contribution in [2.24, 2.45) is 0 Å². The molecule has 0 fully saturated rings. The molecular formula is C14H14CaO8S2. The van der Waals surface area contributed by atoms with Crippen LogP contribution in [0.4, 0.5) is 0 Å². The first-order valence-electron chi connectivity index (χ1n) is 6.39. The van der Waals surface area contributed by atoms with E-state index in [1.807, 2.05) is 0 Å². The minimum atomic E-state index is -4.65. The largest absolute Gasteiger partial charge is 2.00 e. The van der Waals surface area contributed by atoms with Gasteiger partial charge in [-0.25, -0.2) is 16.8 Å². The molecule has 0 radical (unpaired) electrons. The number of rotatable bonds is 4. The van der Waals surface area contributed by atoms with E-state index in [0.29, 0.717) is 0 Å². The third-order valence-electron chi connectivity index (χ3n) is 2.72. The topological polar surface area (TPSA) is 155 Å². The molecule has 132 valence electrons. The zero-order valence-corrected chi connectivity index (χ0v) is 16.6. The molecule has 25 heavy (non-hydrogen) atoms. The van der Waals surface area contributed by atoms with Gasteiger partial charge in [-0.05, 0) is 11.1 Å². The molecule has 0 aliphatic heterocycles. The fourth-order valence-electron chi connectivity index (χ4n) is 1.57. The Bertz CT molecular complexity index is 765. The number of benzene rings is 2. The van der Waals surface area contributed by atoms with Gasteiger partial charge in [0.2, 0.25) is 0 Å². The van der Waals surface area contributed by atoms with Crippen LogP contribution >= 0.6 is 0 Å². The Kier molecular flexibility index (Phi) is 10.3. The Balaban J connectivity index is 0.000000443.